The Kier molecular flexibility index (Phi) is 6.91. The zero-order valence-corrected chi connectivity index (χ0v) is 16.5. The summed E-state index contributed by atoms with van der Waals surface area (Å²) in [6.07, 6.45) is 0.919. The van der Waals surface area contributed by atoms with Gasteiger partial charge in [-0.2, -0.15) is 0 Å². The lowest BCUT2D eigenvalue weighted by Gasteiger charge is -2.07. The van der Waals surface area contributed by atoms with Gasteiger partial charge in [-0.05, 0) is 48.4 Å². The van der Waals surface area contributed by atoms with Crippen molar-refractivity contribution in [1.29, 1.82) is 0 Å². The van der Waals surface area contributed by atoms with Crippen LogP contribution in [-0.4, -0.2) is 30.1 Å². The summed E-state index contributed by atoms with van der Waals surface area (Å²) < 4.78 is 23.2. The number of ether oxygens (including phenoxy) is 2. The smallest absolute Gasteiger partial charge is 0.344 e. The van der Waals surface area contributed by atoms with Gasteiger partial charge in [0.15, 0.2) is 18.3 Å². The predicted molar refractivity (Wildman–Crippen MR) is 108 cm³/mol. The lowest BCUT2D eigenvalue weighted by atomic mass is 10.2. The van der Waals surface area contributed by atoms with Crippen molar-refractivity contribution < 1.29 is 23.5 Å². The predicted octanol–water partition coefficient (Wildman–Crippen LogP) is 4.07. The van der Waals surface area contributed by atoms with Crippen LogP contribution in [-0.2, 0) is 20.7 Å². The number of esters is 1. The molecule has 0 fully saturated rings. The Morgan fingerprint density at radius 3 is 2.48 bits per heavy atom. The van der Waals surface area contributed by atoms with Crippen LogP contribution in [0.25, 0.3) is 11.3 Å². The highest BCUT2D eigenvalue weighted by molar-refractivity contribution is 7.14. The molecule has 0 aliphatic rings. The van der Waals surface area contributed by atoms with Crippen molar-refractivity contribution in [3.8, 4) is 17.0 Å². The molecule has 1 heterocycles. The maximum Gasteiger partial charge on any atom is 0.344 e. The molecule has 0 unspecified atom stereocenters. The van der Waals surface area contributed by atoms with E-state index in [0.717, 1.165) is 12.0 Å². The van der Waals surface area contributed by atoms with Crippen molar-refractivity contribution in [2.45, 2.75) is 13.3 Å². The molecule has 0 saturated carbocycles. The fourth-order valence-electron chi connectivity index (χ4n) is 2.39. The minimum Gasteiger partial charge on any atom is -0.482 e. The van der Waals surface area contributed by atoms with Gasteiger partial charge < -0.3 is 9.47 Å². The Balaban J connectivity index is 1.42. The zero-order valence-electron chi connectivity index (χ0n) is 15.7. The minimum atomic E-state index is -0.647. The van der Waals surface area contributed by atoms with Crippen molar-refractivity contribution in [3.05, 3.63) is 65.3 Å². The molecule has 1 amide bonds. The van der Waals surface area contributed by atoms with Crippen molar-refractivity contribution in [2.75, 3.05) is 18.5 Å². The maximum atomic E-state index is 13.0. The van der Waals surface area contributed by atoms with Gasteiger partial charge in [0.25, 0.3) is 5.91 Å². The number of halogens is 1. The minimum absolute atomic E-state index is 0.287. The van der Waals surface area contributed by atoms with E-state index in [1.165, 1.54) is 29.0 Å². The second-order valence-electron chi connectivity index (χ2n) is 6.04. The Hall–Kier alpha value is -3.26. The van der Waals surface area contributed by atoms with E-state index in [4.69, 9.17) is 9.47 Å². The fourth-order valence-corrected chi connectivity index (χ4v) is 3.13. The van der Waals surface area contributed by atoms with Gasteiger partial charge in [0.1, 0.15) is 11.6 Å². The van der Waals surface area contributed by atoms with Crippen molar-refractivity contribution >= 4 is 28.3 Å². The molecule has 2 aromatic carbocycles. The van der Waals surface area contributed by atoms with E-state index < -0.39 is 18.5 Å². The molecule has 1 aromatic heterocycles. The lowest BCUT2D eigenvalue weighted by Crippen LogP contribution is -2.23. The topological polar surface area (TPSA) is 77.5 Å². The van der Waals surface area contributed by atoms with Gasteiger partial charge >= 0.3 is 5.97 Å². The van der Waals surface area contributed by atoms with E-state index in [0.29, 0.717) is 16.6 Å². The van der Waals surface area contributed by atoms with Gasteiger partial charge in [-0.15, -0.1) is 11.3 Å². The highest BCUT2D eigenvalue weighted by Crippen LogP contribution is 2.25. The summed E-state index contributed by atoms with van der Waals surface area (Å²) in [6, 6.07) is 13.3. The number of nitrogens with zero attached hydrogens (tertiary/aromatic N) is 1. The third-order valence-electron chi connectivity index (χ3n) is 3.94. The first-order valence-electron chi connectivity index (χ1n) is 8.92. The summed E-state index contributed by atoms with van der Waals surface area (Å²) in [5, 5.41) is 4.66. The summed E-state index contributed by atoms with van der Waals surface area (Å²) in [5.74, 6) is -0.933. The number of hydrogen-bond donors (Lipinski definition) is 1. The SMILES string of the molecule is CCc1ccc(OCC(=O)OCC(=O)Nc2nc(-c3ccc(F)cc3)cs2)cc1. The largest absolute Gasteiger partial charge is 0.482 e. The number of nitrogens with one attached hydrogen (secondary N) is 1. The second kappa shape index (κ2) is 9.79. The van der Waals surface area contributed by atoms with E-state index in [1.54, 1.807) is 29.6 Å². The average molecular weight is 414 g/mol. The van der Waals surface area contributed by atoms with Gasteiger partial charge in [0, 0.05) is 10.9 Å². The first-order valence-corrected chi connectivity index (χ1v) is 9.80. The summed E-state index contributed by atoms with van der Waals surface area (Å²) in [7, 11) is 0. The van der Waals surface area contributed by atoms with Crippen LogP contribution in [0.5, 0.6) is 5.75 Å². The van der Waals surface area contributed by atoms with E-state index in [-0.39, 0.29) is 12.4 Å². The number of thiazole rings is 1. The van der Waals surface area contributed by atoms with Crippen LogP contribution in [0.15, 0.2) is 53.9 Å². The number of benzene rings is 2. The van der Waals surface area contributed by atoms with E-state index in [1.807, 2.05) is 19.1 Å². The number of carbonyl (C=O) groups excluding carboxylic acids is 2. The molecular formula is C21H19FN2O4S. The Morgan fingerprint density at radius 2 is 1.79 bits per heavy atom. The molecule has 0 bridgehead atoms. The Labute approximate surface area is 171 Å². The van der Waals surface area contributed by atoms with Crippen LogP contribution in [0.3, 0.4) is 0 Å². The van der Waals surface area contributed by atoms with E-state index in [2.05, 4.69) is 10.3 Å². The first kappa shape index (κ1) is 20.5. The van der Waals surface area contributed by atoms with Crippen molar-refractivity contribution in [3.63, 3.8) is 0 Å². The molecule has 0 aliphatic heterocycles. The lowest BCUT2D eigenvalue weighted by molar-refractivity contribution is -0.149. The number of aryl methyl sites for hydroxylation is 1. The molecule has 0 atom stereocenters. The quantitative estimate of drug-likeness (QED) is 0.562. The van der Waals surface area contributed by atoms with Gasteiger partial charge in [-0.1, -0.05) is 19.1 Å². The van der Waals surface area contributed by atoms with Crippen LogP contribution >= 0.6 is 11.3 Å². The van der Waals surface area contributed by atoms with Gasteiger partial charge in [0.2, 0.25) is 0 Å². The standard InChI is InChI=1S/C21H19FN2O4S/c1-2-14-3-9-17(10-4-14)27-12-20(26)28-11-19(25)24-21-23-18(13-29-21)15-5-7-16(22)8-6-15/h3-10,13H,2,11-12H2,1H3,(H,23,24,25). The zero-order chi connectivity index (χ0) is 20.6. The third kappa shape index (κ3) is 6.11. The Morgan fingerprint density at radius 1 is 1.07 bits per heavy atom. The van der Waals surface area contributed by atoms with Crippen molar-refractivity contribution in [1.82, 2.24) is 4.98 Å². The summed E-state index contributed by atoms with van der Waals surface area (Å²) in [6.45, 7) is 1.32. The highest BCUT2D eigenvalue weighted by atomic mass is 32.1. The molecule has 8 heteroatoms. The van der Waals surface area contributed by atoms with E-state index in [9.17, 15) is 14.0 Å². The van der Waals surface area contributed by atoms with Crippen LogP contribution in [0, 0.1) is 5.82 Å². The Bertz CT molecular complexity index is 971. The third-order valence-corrected chi connectivity index (χ3v) is 4.70. The molecule has 0 saturated heterocycles. The molecular weight excluding hydrogens is 395 g/mol. The number of aromatic nitrogens is 1. The van der Waals surface area contributed by atoms with Crippen LogP contribution in [0.4, 0.5) is 9.52 Å². The summed E-state index contributed by atoms with van der Waals surface area (Å²) in [4.78, 5) is 27.9. The normalized spacial score (nSPS) is 10.4. The molecule has 0 radical (unpaired) electrons. The molecule has 0 spiro atoms. The monoisotopic (exact) mass is 414 g/mol. The van der Waals surface area contributed by atoms with E-state index >= 15 is 0 Å². The fraction of sp³-hybridized carbons (Fsp3) is 0.190. The summed E-state index contributed by atoms with van der Waals surface area (Å²) >= 11 is 1.22. The molecule has 3 aromatic rings. The molecule has 3 rings (SSSR count). The van der Waals surface area contributed by atoms with Gasteiger partial charge in [0.05, 0.1) is 5.69 Å². The number of anilines is 1. The first-order chi connectivity index (χ1) is 14.0. The summed E-state index contributed by atoms with van der Waals surface area (Å²) in [5.41, 5.74) is 2.52. The van der Waals surface area contributed by atoms with Crippen LogP contribution in [0.1, 0.15) is 12.5 Å². The number of hydrogen-bond acceptors (Lipinski definition) is 6. The van der Waals surface area contributed by atoms with Crippen LogP contribution in [0.2, 0.25) is 0 Å². The molecule has 29 heavy (non-hydrogen) atoms. The molecule has 1 N–H and O–H groups in total. The number of amides is 1. The average Bonchev–Trinajstić information content (AvgIpc) is 3.20. The molecule has 150 valence electrons. The second-order valence-corrected chi connectivity index (χ2v) is 6.90. The number of carbonyl (C=O) groups is 2. The highest BCUT2D eigenvalue weighted by Gasteiger charge is 2.11. The van der Waals surface area contributed by atoms with Crippen molar-refractivity contribution in [2.24, 2.45) is 0 Å². The maximum absolute atomic E-state index is 13.0. The van der Waals surface area contributed by atoms with Gasteiger partial charge in [-0.3, -0.25) is 10.1 Å². The number of rotatable bonds is 8. The molecule has 6 nitrogen and oxygen atoms in total. The molecule has 0 aliphatic carbocycles. The van der Waals surface area contributed by atoms with Crippen LogP contribution < -0.4 is 10.1 Å². The van der Waals surface area contributed by atoms with Gasteiger partial charge in [-0.25, -0.2) is 14.2 Å².